The van der Waals surface area contributed by atoms with Crippen molar-refractivity contribution in [1.29, 1.82) is 0 Å². The van der Waals surface area contributed by atoms with Crippen molar-refractivity contribution in [1.82, 2.24) is 20.1 Å². The second-order valence-corrected chi connectivity index (χ2v) is 7.28. The molecule has 2 aromatic heterocycles. The number of para-hydroxylation sites is 1. The molecule has 158 valence electrons. The van der Waals surface area contributed by atoms with E-state index < -0.39 is 5.82 Å². The Morgan fingerprint density at radius 1 is 1.16 bits per heavy atom. The molecule has 2 heterocycles. The third-order valence-electron chi connectivity index (χ3n) is 5.13. The third-order valence-corrected chi connectivity index (χ3v) is 5.13. The van der Waals surface area contributed by atoms with E-state index in [0.29, 0.717) is 33.4 Å². The van der Waals surface area contributed by atoms with E-state index in [9.17, 15) is 9.18 Å². The Balaban J connectivity index is 1.86. The second kappa shape index (κ2) is 8.95. The summed E-state index contributed by atoms with van der Waals surface area (Å²) < 4.78 is 16.8. The molecule has 0 spiro atoms. The summed E-state index contributed by atoms with van der Waals surface area (Å²) in [5.41, 5.74) is 3.14. The topological polar surface area (TPSA) is 71.8 Å². The maximum absolute atomic E-state index is 15.0. The quantitative estimate of drug-likeness (QED) is 0.437. The van der Waals surface area contributed by atoms with E-state index in [1.54, 1.807) is 19.2 Å². The first-order valence-corrected chi connectivity index (χ1v) is 10.3. The fourth-order valence-electron chi connectivity index (χ4n) is 3.47. The number of benzene rings is 2. The number of halogens is 1. The Labute approximate surface area is 180 Å². The molecule has 4 aromatic rings. The van der Waals surface area contributed by atoms with Crippen LogP contribution in [0, 0.1) is 5.82 Å². The minimum Gasteiger partial charge on any atom is -0.355 e. The maximum atomic E-state index is 15.0. The van der Waals surface area contributed by atoms with E-state index in [4.69, 9.17) is 0 Å². The molecular formula is C24H24FN5O. The summed E-state index contributed by atoms with van der Waals surface area (Å²) in [6.07, 6.45) is 5.38. The minimum atomic E-state index is -0.404. The lowest BCUT2D eigenvalue weighted by atomic mass is 10.0. The van der Waals surface area contributed by atoms with Crippen LogP contribution in [-0.4, -0.2) is 27.7 Å². The molecule has 0 saturated carbocycles. The van der Waals surface area contributed by atoms with Gasteiger partial charge in [0.25, 0.3) is 5.91 Å². The van der Waals surface area contributed by atoms with E-state index in [1.165, 1.54) is 12.3 Å². The molecule has 0 radical (unpaired) electrons. The average Bonchev–Trinajstić information content (AvgIpc) is 3.26. The number of nitrogens with one attached hydrogen (secondary N) is 2. The molecule has 0 aliphatic rings. The monoisotopic (exact) mass is 417 g/mol. The van der Waals surface area contributed by atoms with E-state index in [-0.39, 0.29) is 5.91 Å². The number of amides is 1. The van der Waals surface area contributed by atoms with Gasteiger partial charge in [0.05, 0.1) is 22.5 Å². The minimum absolute atomic E-state index is 0.275. The Bertz CT molecular complexity index is 1220. The SMILES string of the molecule is CCCCn1ccc(-c2cc3c(Nc4ccccc4)c(C(=O)NC)cnc3cc2F)n1. The Morgan fingerprint density at radius 3 is 2.71 bits per heavy atom. The maximum Gasteiger partial charge on any atom is 0.254 e. The molecule has 0 unspecified atom stereocenters. The van der Waals surface area contributed by atoms with Gasteiger partial charge in [0, 0.05) is 48.7 Å². The molecule has 0 saturated heterocycles. The number of rotatable bonds is 7. The van der Waals surface area contributed by atoms with Crippen molar-refractivity contribution in [2.24, 2.45) is 0 Å². The molecule has 0 fully saturated rings. The number of pyridine rings is 1. The largest absolute Gasteiger partial charge is 0.355 e. The van der Waals surface area contributed by atoms with Crippen molar-refractivity contribution in [3.63, 3.8) is 0 Å². The smallest absolute Gasteiger partial charge is 0.254 e. The zero-order valence-electron chi connectivity index (χ0n) is 17.5. The molecule has 2 N–H and O–H groups in total. The lowest BCUT2D eigenvalue weighted by molar-refractivity contribution is 0.0963. The van der Waals surface area contributed by atoms with Crippen molar-refractivity contribution < 1.29 is 9.18 Å². The highest BCUT2D eigenvalue weighted by molar-refractivity contribution is 6.08. The van der Waals surface area contributed by atoms with Crippen LogP contribution in [0.1, 0.15) is 30.1 Å². The normalized spacial score (nSPS) is 10.9. The van der Waals surface area contributed by atoms with Gasteiger partial charge in [-0.05, 0) is 30.7 Å². The summed E-state index contributed by atoms with van der Waals surface area (Å²) >= 11 is 0. The van der Waals surface area contributed by atoms with Gasteiger partial charge in [-0.3, -0.25) is 14.5 Å². The highest BCUT2D eigenvalue weighted by Gasteiger charge is 2.18. The van der Waals surface area contributed by atoms with Crippen molar-refractivity contribution in [2.75, 3.05) is 12.4 Å². The van der Waals surface area contributed by atoms with E-state index >= 15 is 0 Å². The lowest BCUT2D eigenvalue weighted by Gasteiger charge is -2.15. The summed E-state index contributed by atoms with van der Waals surface area (Å²) in [6.45, 7) is 2.90. The van der Waals surface area contributed by atoms with E-state index in [2.05, 4.69) is 27.6 Å². The predicted molar refractivity (Wildman–Crippen MR) is 121 cm³/mol. The molecule has 0 bridgehead atoms. The van der Waals surface area contributed by atoms with Gasteiger partial charge in [0.2, 0.25) is 0 Å². The van der Waals surface area contributed by atoms with Gasteiger partial charge in [-0.25, -0.2) is 4.39 Å². The number of hydrogen-bond donors (Lipinski definition) is 2. The van der Waals surface area contributed by atoms with Crippen LogP contribution in [0.25, 0.3) is 22.2 Å². The Hall–Kier alpha value is -3.74. The van der Waals surface area contributed by atoms with Crippen molar-refractivity contribution in [3.05, 3.63) is 72.3 Å². The van der Waals surface area contributed by atoms with Gasteiger partial charge in [-0.2, -0.15) is 5.10 Å². The number of aryl methyl sites for hydroxylation is 1. The lowest BCUT2D eigenvalue weighted by Crippen LogP contribution is -2.19. The number of hydrogen-bond acceptors (Lipinski definition) is 4. The predicted octanol–water partition coefficient (Wildman–Crippen LogP) is 5.14. The van der Waals surface area contributed by atoms with Crippen LogP contribution >= 0.6 is 0 Å². The first kappa shape index (κ1) is 20.5. The number of carbonyl (C=O) groups is 1. The molecule has 1 amide bonds. The van der Waals surface area contributed by atoms with Crippen LogP contribution < -0.4 is 10.6 Å². The number of anilines is 2. The van der Waals surface area contributed by atoms with E-state index in [1.807, 2.05) is 41.2 Å². The first-order chi connectivity index (χ1) is 15.1. The van der Waals surface area contributed by atoms with Gasteiger partial charge < -0.3 is 10.6 Å². The summed E-state index contributed by atoms with van der Waals surface area (Å²) in [5, 5.41) is 11.1. The molecule has 4 rings (SSSR count). The number of aromatic nitrogens is 3. The fourth-order valence-corrected chi connectivity index (χ4v) is 3.47. The number of nitrogens with zero attached hydrogens (tertiary/aromatic N) is 3. The highest BCUT2D eigenvalue weighted by atomic mass is 19.1. The zero-order chi connectivity index (χ0) is 21.8. The first-order valence-electron chi connectivity index (χ1n) is 10.3. The molecule has 6 nitrogen and oxygen atoms in total. The standard InChI is InChI=1S/C24H24FN5O/c1-3-4-11-30-12-10-21(29-30)17-13-18-22(14-20(17)25)27-15-19(24(31)26-2)23(18)28-16-8-6-5-7-9-16/h5-10,12-15H,3-4,11H2,1-2H3,(H,26,31)(H,27,28). The Morgan fingerprint density at radius 2 is 1.97 bits per heavy atom. The van der Waals surface area contributed by atoms with Gasteiger partial charge in [0.15, 0.2) is 0 Å². The molecule has 7 heteroatoms. The molecular weight excluding hydrogens is 393 g/mol. The van der Waals surface area contributed by atoms with E-state index in [0.717, 1.165) is 25.1 Å². The average molecular weight is 417 g/mol. The van der Waals surface area contributed by atoms with Gasteiger partial charge in [-0.15, -0.1) is 0 Å². The van der Waals surface area contributed by atoms with Crippen LogP contribution in [-0.2, 0) is 6.54 Å². The molecule has 0 atom stereocenters. The highest BCUT2D eigenvalue weighted by Crippen LogP contribution is 2.33. The Kier molecular flexibility index (Phi) is 5.93. The molecule has 2 aromatic carbocycles. The number of carbonyl (C=O) groups excluding carboxylic acids is 1. The summed E-state index contributed by atoms with van der Waals surface area (Å²) in [4.78, 5) is 16.8. The molecule has 31 heavy (non-hydrogen) atoms. The summed E-state index contributed by atoms with van der Waals surface area (Å²) in [6, 6.07) is 14.4. The van der Waals surface area contributed by atoms with Gasteiger partial charge >= 0.3 is 0 Å². The summed E-state index contributed by atoms with van der Waals surface area (Å²) in [5.74, 6) is -0.679. The van der Waals surface area contributed by atoms with Crippen LogP contribution in [0.4, 0.5) is 15.8 Å². The fraction of sp³-hybridized carbons (Fsp3) is 0.208. The van der Waals surface area contributed by atoms with Crippen LogP contribution in [0.15, 0.2) is 60.9 Å². The molecule has 0 aliphatic heterocycles. The van der Waals surface area contributed by atoms with Crippen molar-refractivity contribution in [3.8, 4) is 11.3 Å². The second-order valence-electron chi connectivity index (χ2n) is 7.28. The van der Waals surface area contributed by atoms with Crippen molar-refractivity contribution >= 4 is 28.2 Å². The van der Waals surface area contributed by atoms with Gasteiger partial charge in [-0.1, -0.05) is 31.5 Å². The van der Waals surface area contributed by atoms with Gasteiger partial charge in [0.1, 0.15) is 5.82 Å². The number of fused-ring (bicyclic) bond motifs is 1. The number of unbranched alkanes of at least 4 members (excludes halogenated alkanes) is 1. The summed E-state index contributed by atoms with van der Waals surface area (Å²) in [7, 11) is 1.57. The van der Waals surface area contributed by atoms with Crippen LogP contribution in [0.3, 0.4) is 0 Å². The van der Waals surface area contributed by atoms with Crippen LogP contribution in [0.5, 0.6) is 0 Å². The zero-order valence-corrected chi connectivity index (χ0v) is 17.5. The van der Waals surface area contributed by atoms with Crippen molar-refractivity contribution in [2.45, 2.75) is 26.3 Å². The van der Waals surface area contributed by atoms with Crippen LogP contribution in [0.2, 0.25) is 0 Å². The third kappa shape index (κ3) is 4.26. The molecule has 0 aliphatic carbocycles.